The van der Waals surface area contributed by atoms with E-state index in [2.05, 4.69) is 55.4 Å². The third kappa shape index (κ3) is 2.65. The molecule has 2 rings (SSSR count). The second-order valence-corrected chi connectivity index (χ2v) is 5.87. The molecule has 3 nitrogen and oxygen atoms in total. The lowest BCUT2D eigenvalue weighted by Crippen LogP contribution is -2.10. The first-order valence-electron chi connectivity index (χ1n) is 5.54. The zero-order chi connectivity index (χ0) is 12.5. The monoisotopic (exact) mass is 247 g/mol. The van der Waals surface area contributed by atoms with E-state index in [4.69, 9.17) is 5.84 Å². The summed E-state index contributed by atoms with van der Waals surface area (Å²) in [4.78, 5) is 4.37. The molecule has 90 valence electrons. The second-order valence-electron chi connectivity index (χ2n) is 5.01. The smallest absolute Gasteiger partial charge is 0.197 e. The number of hydrogen-bond acceptors (Lipinski definition) is 4. The average molecular weight is 247 g/mol. The van der Waals surface area contributed by atoms with Gasteiger partial charge in [-0.25, -0.2) is 10.8 Å². The van der Waals surface area contributed by atoms with Crippen molar-refractivity contribution < 1.29 is 0 Å². The Morgan fingerprint density at radius 3 is 2.29 bits per heavy atom. The van der Waals surface area contributed by atoms with Gasteiger partial charge in [0.1, 0.15) is 0 Å². The van der Waals surface area contributed by atoms with E-state index < -0.39 is 0 Å². The summed E-state index contributed by atoms with van der Waals surface area (Å²) < 4.78 is 0. The van der Waals surface area contributed by atoms with Crippen molar-refractivity contribution in [1.82, 2.24) is 4.98 Å². The molecule has 0 bridgehead atoms. The second kappa shape index (κ2) is 4.47. The third-order valence-corrected chi connectivity index (χ3v) is 3.45. The zero-order valence-corrected chi connectivity index (χ0v) is 11.1. The third-order valence-electron chi connectivity index (χ3n) is 2.67. The molecule has 0 saturated heterocycles. The standard InChI is InChI=1S/C13H17N3S/c1-13(2,3)10-6-4-9(5-7-10)11-8-17-12(15-11)16-14/h4-8H,14H2,1-3H3,(H,15,16). The van der Waals surface area contributed by atoms with Gasteiger partial charge in [-0.15, -0.1) is 11.3 Å². The molecule has 4 heteroatoms. The Bertz CT molecular complexity index is 494. The molecule has 0 radical (unpaired) electrons. The lowest BCUT2D eigenvalue weighted by molar-refractivity contribution is 0.590. The van der Waals surface area contributed by atoms with Crippen LogP contribution < -0.4 is 11.3 Å². The van der Waals surface area contributed by atoms with E-state index in [1.807, 2.05) is 5.38 Å². The van der Waals surface area contributed by atoms with Crippen LogP contribution in [0.1, 0.15) is 26.3 Å². The molecule has 1 aromatic heterocycles. The number of nitrogen functional groups attached to an aromatic ring is 1. The molecule has 0 aliphatic heterocycles. The van der Waals surface area contributed by atoms with E-state index in [0.717, 1.165) is 16.4 Å². The minimum Gasteiger partial charge on any atom is -0.300 e. The highest BCUT2D eigenvalue weighted by Gasteiger charge is 2.13. The summed E-state index contributed by atoms with van der Waals surface area (Å²) in [5, 5.41) is 2.74. The predicted octanol–water partition coefficient (Wildman–Crippen LogP) is 3.39. The van der Waals surface area contributed by atoms with E-state index in [-0.39, 0.29) is 5.41 Å². The van der Waals surface area contributed by atoms with Gasteiger partial charge in [0.15, 0.2) is 5.13 Å². The van der Waals surface area contributed by atoms with E-state index in [9.17, 15) is 0 Å². The molecule has 0 atom stereocenters. The number of nitrogens with two attached hydrogens (primary N) is 1. The molecule has 0 aliphatic carbocycles. The number of benzene rings is 1. The van der Waals surface area contributed by atoms with Crippen LogP contribution in [0.2, 0.25) is 0 Å². The van der Waals surface area contributed by atoms with Crippen molar-refractivity contribution in [3.63, 3.8) is 0 Å². The number of nitrogens with zero attached hydrogens (tertiary/aromatic N) is 1. The number of rotatable bonds is 2. The van der Waals surface area contributed by atoms with Crippen LogP contribution >= 0.6 is 11.3 Å². The molecule has 17 heavy (non-hydrogen) atoms. The Hall–Kier alpha value is -1.39. The van der Waals surface area contributed by atoms with Crippen LogP contribution in [0.15, 0.2) is 29.6 Å². The lowest BCUT2D eigenvalue weighted by atomic mass is 9.86. The zero-order valence-electron chi connectivity index (χ0n) is 10.3. The maximum Gasteiger partial charge on any atom is 0.197 e. The Morgan fingerprint density at radius 2 is 1.82 bits per heavy atom. The fourth-order valence-electron chi connectivity index (χ4n) is 1.61. The highest BCUT2D eigenvalue weighted by Crippen LogP contribution is 2.27. The Labute approximate surface area is 106 Å². The Kier molecular flexibility index (Phi) is 3.17. The van der Waals surface area contributed by atoms with Crippen LogP contribution in [-0.4, -0.2) is 4.98 Å². The minimum absolute atomic E-state index is 0.185. The number of anilines is 1. The fraction of sp³-hybridized carbons (Fsp3) is 0.308. The van der Waals surface area contributed by atoms with Crippen LogP contribution in [0.3, 0.4) is 0 Å². The lowest BCUT2D eigenvalue weighted by Gasteiger charge is -2.18. The van der Waals surface area contributed by atoms with Gasteiger partial charge in [-0.1, -0.05) is 45.0 Å². The molecule has 0 unspecified atom stereocenters. The maximum absolute atomic E-state index is 5.32. The Morgan fingerprint density at radius 1 is 1.18 bits per heavy atom. The summed E-state index contributed by atoms with van der Waals surface area (Å²) in [7, 11) is 0. The molecule has 2 aromatic rings. The number of nitrogens with one attached hydrogen (secondary N) is 1. The first kappa shape index (κ1) is 12.1. The van der Waals surface area contributed by atoms with Crippen molar-refractivity contribution in [3.05, 3.63) is 35.2 Å². The van der Waals surface area contributed by atoms with Crippen molar-refractivity contribution in [3.8, 4) is 11.3 Å². The van der Waals surface area contributed by atoms with Crippen LogP contribution in [0.25, 0.3) is 11.3 Å². The summed E-state index contributed by atoms with van der Waals surface area (Å²) in [5.41, 5.74) is 6.16. The first-order chi connectivity index (χ1) is 8.00. The molecular weight excluding hydrogens is 230 g/mol. The summed E-state index contributed by atoms with van der Waals surface area (Å²) in [5.74, 6) is 5.32. The highest BCUT2D eigenvalue weighted by molar-refractivity contribution is 7.14. The number of thiazole rings is 1. The van der Waals surface area contributed by atoms with Gasteiger partial charge in [0.2, 0.25) is 0 Å². The summed E-state index contributed by atoms with van der Waals surface area (Å²) in [6.45, 7) is 6.63. The van der Waals surface area contributed by atoms with Crippen molar-refractivity contribution in [2.45, 2.75) is 26.2 Å². The summed E-state index contributed by atoms with van der Waals surface area (Å²) in [6.07, 6.45) is 0. The molecule has 0 amide bonds. The molecule has 3 N–H and O–H groups in total. The molecule has 0 spiro atoms. The number of hydrogen-bond donors (Lipinski definition) is 2. The number of aromatic nitrogens is 1. The van der Waals surface area contributed by atoms with Crippen LogP contribution in [0, 0.1) is 0 Å². The van der Waals surface area contributed by atoms with E-state index in [1.165, 1.54) is 16.9 Å². The van der Waals surface area contributed by atoms with Crippen LogP contribution in [0.5, 0.6) is 0 Å². The highest BCUT2D eigenvalue weighted by atomic mass is 32.1. The van der Waals surface area contributed by atoms with Gasteiger partial charge in [-0.3, -0.25) is 5.43 Å². The summed E-state index contributed by atoms with van der Waals surface area (Å²) >= 11 is 1.51. The SMILES string of the molecule is CC(C)(C)c1ccc(-c2csc(NN)n2)cc1. The summed E-state index contributed by atoms with van der Waals surface area (Å²) in [6, 6.07) is 8.53. The van der Waals surface area contributed by atoms with Crippen molar-refractivity contribution in [2.75, 3.05) is 5.43 Å². The van der Waals surface area contributed by atoms with Crippen LogP contribution in [-0.2, 0) is 5.41 Å². The molecule has 0 fully saturated rings. The quantitative estimate of drug-likeness (QED) is 0.631. The molecule has 0 aliphatic rings. The van der Waals surface area contributed by atoms with Gasteiger partial charge in [0.05, 0.1) is 5.69 Å². The maximum atomic E-state index is 5.32. The van der Waals surface area contributed by atoms with Gasteiger partial charge in [-0.2, -0.15) is 0 Å². The molecule has 1 aromatic carbocycles. The molecular formula is C13H17N3S. The Balaban J connectivity index is 2.29. The van der Waals surface area contributed by atoms with E-state index >= 15 is 0 Å². The van der Waals surface area contributed by atoms with Crippen molar-refractivity contribution >= 4 is 16.5 Å². The first-order valence-corrected chi connectivity index (χ1v) is 6.42. The predicted molar refractivity (Wildman–Crippen MR) is 74.1 cm³/mol. The topological polar surface area (TPSA) is 50.9 Å². The van der Waals surface area contributed by atoms with Crippen molar-refractivity contribution in [2.24, 2.45) is 5.84 Å². The van der Waals surface area contributed by atoms with E-state index in [0.29, 0.717) is 0 Å². The average Bonchev–Trinajstić information content (AvgIpc) is 2.76. The molecule has 1 heterocycles. The van der Waals surface area contributed by atoms with Crippen LogP contribution in [0.4, 0.5) is 5.13 Å². The number of hydrazine groups is 1. The van der Waals surface area contributed by atoms with Gasteiger partial charge in [0, 0.05) is 10.9 Å². The van der Waals surface area contributed by atoms with Gasteiger partial charge in [0.25, 0.3) is 0 Å². The van der Waals surface area contributed by atoms with Gasteiger partial charge in [-0.05, 0) is 11.0 Å². The normalized spacial score (nSPS) is 11.5. The van der Waals surface area contributed by atoms with Gasteiger partial charge >= 0.3 is 0 Å². The molecule has 0 saturated carbocycles. The fourth-order valence-corrected chi connectivity index (χ4v) is 2.24. The van der Waals surface area contributed by atoms with Gasteiger partial charge < -0.3 is 0 Å². The van der Waals surface area contributed by atoms with E-state index in [1.54, 1.807) is 0 Å². The van der Waals surface area contributed by atoms with Crippen molar-refractivity contribution in [1.29, 1.82) is 0 Å². The minimum atomic E-state index is 0.185. The largest absolute Gasteiger partial charge is 0.300 e.